The highest BCUT2D eigenvalue weighted by Crippen LogP contribution is 2.30. The van der Waals surface area contributed by atoms with Gasteiger partial charge in [-0.2, -0.15) is 0 Å². The number of carbonyl (C=O) groups is 1. The molecule has 12 heavy (non-hydrogen) atoms. The lowest BCUT2D eigenvalue weighted by molar-refractivity contribution is -0.124. The molecule has 0 aromatic heterocycles. The second-order valence-corrected chi connectivity index (χ2v) is 3.54. The smallest absolute Gasteiger partial charge is 0.175 e. The Bertz CT molecular complexity index is 155. The van der Waals surface area contributed by atoms with Crippen molar-refractivity contribution in [3.63, 3.8) is 0 Å². The standard InChI is InChI=1S/C9H17NO2/c1-12-6-9(11)8(10)5-7-3-2-4-7/h7-8H,2-6,10H2,1H3. The van der Waals surface area contributed by atoms with Crippen molar-refractivity contribution in [2.45, 2.75) is 31.7 Å². The van der Waals surface area contributed by atoms with Crippen LogP contribution >= 0.6 is 0 Å². The normalized spacial score (nSPS) is 20.2. The van der Waals surface area contributed by atoms with E-state index in [9.17, 15) is 4.79 Å². The number of nitrogens with two attached hydrogens (primary N) is 1. The Morgan fingerprint density at radius 2 is 2.33 bits per heavy atom. The maximum Gasteiger partial charge on any atom is 0.175 e. The summed E-state index contributed by atoms with van der Waals surface area (Å²) >= 11 is 0. The van der Waals surface area contributed by atoms with E-state index >= 15 is 0 Å². The largest absolute Gasteiger partial charge is 0.377 e. The molecule has 1 rings (SSSR count). The van der Waals surface area contributed by atoms with Gasteiger partial charge in [-0.05, 0) is 12.3 Å². The van der Waals surface area contributed by atoms with Crippen molar-refractivity contribution in [1.82, 2.24) is 0 Å². The molecular weight excluding hydrogens is 154 g/mol. The number of carbonyl (C=O) groups excluding carboxylic acids is 1. The van der Waals surface area contributed by atoms with Crippen LogP contribution in [0.3, 0.4) is 0 Å². The molecule has 0 radical (unpaired) electrons. The molecule has 3 nitrogen and oxygen atoms in total. The predicted molar refractivity (Wildman–Crippen MR) is 46.8 cm³/mol. The van der Waals surface area contributed by atoms with Gasteiger partial charge in [0.15, 0.2) is 5.78 Å². The molecule has 0 amide bonds. The Hall–Kier alpha value is -0.410. The molecule has 0 aromatic rings. The summed E-state index contributed by atoms with van der Waals surface area (Å²) in [5.41, 5.74) is 5.68. The highest BCUT2D eigenvalue weighted by Gasteiger charge is 2.23. The van der Waals surface area contributed by atoms with E-state index < -0.39 is 0 Å². The first-order chi connectivity index (χ1) is 5.74. The number of Topliss-reactive ketones (excluding diaryl/α,β-unsaturated/α-hetero) is 1. The lowest BCUT2D eigenvalue weighted by Crippen LogP contribution is -2.36. The van der Waals surface area contributed by atoms with Crippen LogP contribution < -0.4 is 5.73 Å². The number of ether oxygens (including phenoxy) is 1. The van der Waals surface area contributed by atoms with Gasteiger partial charge in [-0.25, -0.2) is 0 Å². The summed E-state index contributed by atoms with van der Waals surface area (Å²) in [7, 11) is 1.52. The van der Waals surface area contributed by atoms with E-state index in [2.05, 4.69) is 0 Å². The average molecular weight is 171 g/mol. The number of hydrogen-bond acceptors (Lipinski definition) is 3. The first-order valence-corrected chi connectivity index (χ1v) is 4.51. The minimum Gasteiger partial charge on any atom is -0.377 e. The summed E-state index contributed by atoms with van der Waals surface area (Å²) in [6.07, 6.45) is 4.64. The second kappa shape index (κ2) is 4.58. The molecule has 0 aliphatic heterocycles. The van der Waals surface area contributed by atoms with Crippen LogP contribution in [0.15, 0.2) is 0 Å². The van der Waals surface area contributed by atoms with E-state index in [0.717, 1.165) is 6.42 Å². The molecule has 3 heteroatoms. The topological polar surface area (TPSA) is 52.3 Å². The molecule has 0 saturated heterocycles. The van der Waals surface area contributed by atoms with Gasteiger partial charge in [-0.1, -0.05) is 19.3 Å². The molecular formula is C9H17NO2. The highest BCUT2D eigenvalue weighted by molar-refractivity contribution is 5.84. The molecule has 1 aliphatic carbocycles. The Morgan fingerprint density at radius 1 is 1.67 bits per heavy atom. The fraction of sp³-hybridized carbons (Fsp3) is 0.889. The van der Waals surface area contributed by atoms with Gasteiger partial charge >= 0.3 is 0 Å². The van der Waals surface area contributed by atoms with Crippen LogP contribution in [0, 0.1) is 5.92 Å². The molecule has 1 aliphatic rings. The third kappa shape index (κ3) is 2.57. The molecule has 0 aromatic carbocycles. The van der Waals surface area contributed by atoms with Crippen molar-refractivity contribution < 1.29 is 9.53 Å². The van der Waals surface area contributed by atoms with Crippen LogP contribution in [0.25, 0.3) is 0 Å². The molecule has 1 saturated carbocycles. The van der Waals surface area contributed by atoms with Gasteiger partial charge in [0.2, 0.25) is 0 Å². The molecule has 1 unspecified atom stereocenters. The first kappa shape index (κ1) is 9.68. The van der Waals surface area contributed by atoms with Crippen molar-refractivity contribution in [3.8, 4) is 0 Å². The fourth-order valence-electron chi connectivity index (χ4n) is 1.47. The van der Waals surface area contributed by atoms with Crippen LogP contribution in [-0.2, 0) is 9.53 Å². The highest BCUT2D eigenvalue weighted by atomic mass is 16.5. The van der Waals surface area contributed by atoms with E-state index in [4.69, 9.17) is 10.5 Å². The van der Waals surface area contributed by atoms with Gasteiger partial charge in [-0.15, -0.1) is 0 Å². The summed E-state index contributed by atoms with van der Waals surface area (Å²) in [4.78, 5) is 11.2. The molecule has 2 N–H and O–H groups in total. The minimum atomic E-state index is -0.296. The van der Waals surface area contributed by atoms with Gasteiger partial charge in [0.25, 0.3) is 0 Å². The third-order valence-electron chi connectivity index (χ3n) is 2.51. The lowest BCUT2D eigenvalue weighted by Gasteiger charge is -2.27. The van der Waals surface area contributed by atoms with Gasteiger partial charge in [0, 0.05) is 7.11 Å². The van der Waals surface area contributed by atoms with Crippen LogP contribution in [0.2, 0.25) is 0 Å². The molecule has 70 valence electrons. The van der Waals surface area contributed by atoms with Crippen LogP contribution in [0.1, 0.15) is 25.7 Å². The quantitative estimate of drug-likeness (QED) is 0.663. The fourth-order valence-corrected chi connectivity index (χ4v) is 1.47. The maximum absolute atomic E-state index is 11.2. The van der Waals surface area contributed by atoms with Crippen molar-refractivity contribution >= 4 is 5.78 Å². The number of hydrogen-bond donors (Lipinski definition) is 1. The molecule has 0 heterocycles. The number of methoxy groups -OCH3 is 1. The zero-order valence-corrected chi connectivity index (χ0v) is 7.58. The lowest BCUT2D eigenvalue weighted by atomic mass is 9.80. The van der Waals surface area contributed by atoms with Crippen LogP contribution in [0.5, 0.6) is 0 Å². The molecule has 1 fully saturated rings. The van der Waals surface area contributed by atoms with E-state index in [1.54, 1.807) is 0 Å². The Labute approximate surface area is 73.3 Å². The predicted octanol–water partition coefficient (Wildman–Crippen LogP) is 0.719. The van der Waals surface area contributed by atoms with Gasteiger partial charge in [-0.3, -0.25) is 4.79 Å². The molecule has 0 spiro atoms. The summed E-state index contributed by atoms with van der Waals surface area (Å²) in [5, 5.41) is 0. The van der Waals surface area contributed by atoms with E-state index in [0.29, 0.717) is 5.92 Å². The van der Waals surface area contributed by atoms with E-state index in [1.807, 2.05) is 0 Å². The Balaban J connectivity index is 2.16. The third-order valence-corrected chi connectivity index (χ3v) is 2.51. The number of ketones is 1. The van der Waals surface area contributed by atoms with Gasteiger partial charge in [0.1, 0.15) is 6.61 Å². The van der Waals surface area contributed by atoms with Gasteiger partial charge < -0.3 is 10.5 Å². The number of rotatable bonds is 5. The summed E-state index contributed by atoms with van der Waals surface area (Å²) in [6.45, 7) is 0.161. The SMILES string of the molecule is COCC(=O)C(N)CC1CCC1. The van der Waals surface area contributed by atoms with Crippen molar-refractivity contribution in [2.24, 2.45) is 11.7 Å². The maximum atomic E-state index is 11.2. The van der Waals surface area contributed by atoms with Crippen molar-refractivity contribution in [1.29, 1.82) is 0 Å². The molecule has 1 atom stereocenters. The van der Waals surface area contributed by atoms with Crippen molar-refractivity contribution in [3.05, 3.63) is 0 Å². The zero-order chi connectivity index (χ0) is 8.97. The van der Waals surface area contributed by atoms with Crippen LogP contribution in [-0.4, -0.2) is 25.5 Å². The van der Waals surface area contributed by atoms with E-state index in [-0.39, 0.29) is 18.4 Å². The first-order valence-electron chi connectivity index (χ1n) is 4.51. The monoisotopic (exact) mass is 171 g/mol. The minimum absolute atomic E-state index is 0.0319. The summed E-state index contributed by atoms with van der Waals surface area (Å²) < 4.78 is 4.73. The summed E-state index contributed by atoms with van der Waals surface area (Å²) in [5.74, 6) is 0.727. The van der Waals surface area contributed by atoms with Crippen LogP contribution in [0.4, 0.5) is 0 Å². The van der Waals surface area contributed by atoms with E-state index in [1.165, 1.54) is 26.4 Å². The zero-order valence-electron chi connectivity index (χ0n) is 7.58. The summed E-state index contributed by atoms with van der Waals surface area (Å²) in [6, 6.07) is -0.296. The van der Waals surface area contributed by atoms with Crippen molar-refractivity contribution in [2.75, 3.05) is 13.7 Å². The molecule has 0 bridgehead atoms. The Morgan fingerprint density at radius 3 is 2.75 bits per heavy atom. The second-order valence-electron chi connectivity index (χ2n) is 3.54. The van der Waals surface area contributed by atoms with Gasteiger partial charge in [0.05, 0.1) is 6.04 Å². The Kier molecular flexibility index (Phi) is 3.69. The average Bonchev–Trinajstić information content (AvgIpc) is 1.97.